The molecule has 1 atom stereocenters. The van der Waals surface area contributed by atoms with Crippen molar-refractivity contribution in [2.45, 2.75) is 19.0 Å². The Bertz CT molecular complexity index is 1990. The lowest BCUT2D eigenvalue weighted by Crippen LogP contribution is -2.36. The van der Waals surface area contributed by atoms with Gasteiger partial charge in [0.1, 0.15) is 11.4 Å². The van der Waals surface area contributed by atoms with Crippen LogP contribution in [0.1, 0.15) is 59.9 Å². The number of thiocarbonyl (C=S) groups is 1. The number of carbonyl (C=O) groups excluding carboxylic acids is 1. The Labute approximate surface area is 349 Å². The van der Waals surface area contributed by atoms with Gasteiger partial charge in [-0.3, -0.25) is 14.6 Å². The summed E-state index contributed by atoms with van der Waals surface area (Å²) < 4.78 is 23.8. The molecule has 59 heavy (non-hydrogen) atoms. The molecule has 1 amide bonds. The molecule has 5 rings (SSSR count). The molecule has 0 bridgehead atoms. The summed E-state index contributed by atoms with van der Waals surface area (Å²) in [5, 5.41) is 21.5. The molecule has 2 aromatic heterocycles. The van der Waals surface area contributed by atoms with E-state index in [4.69, 9.17) is 18.9 Å². The van der Waals surface area contributed by atoms with Gasteiger partial charge in [0.15, 0.2) is 0 Å². The highest BCUT2D eigenvalue weighted by atomic mass is 32.1. The number of pyridine rings is 2. The third kappa shape index (κ3) is 14.5. The van der Waals surface area contributed by atoms with Gasteiger partial charge in [-0.2, -0.15) is 4.99 Å². The van der Waals surface area contributed by atoms with Gasteiger partial charge in [-0.25, -0.2) is 19.6 Å². The second kappa shape index (κ2) is 24.0. The number of benzene rings is 2. The molecule has 1 unspecified atom stereocenters. The minimum atomic E-state index is -1.13. The third-order valence-corrected chi connectivity index (χ3v) is 9.70. The fraction of sp³-hybridized carbons (Fsp3) is 0.395. The molecule has 2 N–H and O–H groups in total. The van der Waals surface area contributed by atoms with Crippen LogP contribution >= 0.6 is 12.2 Å². The predicted octanol–water partition coefficient (Wildman–Crippen LogP) is 4.90. The first-order valence-corrected chi connectivity index (χ1v) is 19.8. The summed E-state index contributed by atoms with van der Waals surface area (Å²) in [6, 6.07) is 24.4. The zero-order chi connectivity index (χ0) is 41.8. The minimum absolute atomic E-state index is 0.000973. The first-order valence-electron chi connectivity index (χ1n) is 19.4. The number of carbonyl (C=O) groups is 3. The Morgan fingerprint density at radius 3 is 1.88 bits per heavy atom. The molecular weight excluding hydrogens is 777 g/mol. The van der Waals surface area contributed by atoms with Crippen LogP contribution in [0.2, 0.25) is 0 Å². The van der Waals surface area contributed by atoms with Gasteiger partial charge in [-0.05, 0) is 78.3 Å². The number of carboxylic acid groups (broad SMARTS) is 2. The van der Waals surface area contributed by atoms with E-state index in [-0.39, 0.29) is 17.3 Å². The number of ether oxygens (including phenoxy) is 4. The normalized spacial score (nSPS) is 16.2. The third-order valence-electron chi connectivity index (χ3n) is 9.61. The van der Waals surface area contributed by atoms with Crippen LogP contribution in [0.3, 0.4) is 0 Å². The van der Waals surface area contributed by atoms with Crippen LogP contribution in [0, 0.1) is 0 Å². The summed E-state index contributed by atoms with van der Waals surface area (Å²) in [6.45, 7) is 6.03. The van der Waals surface area contributed by atoms with Crippen molar-refractivity contribution in [2.24, 2.45) is 4.99 Å². The fourth-order valence-electron chi connectivity index (χ4n) is 6.46. The summed E-state index contributed by atoms with van der Waals surface area (Å²) in [5.74, 6) is -2.33. The van der Waals surface area contributed by atoms with E-state index in [2.05, 4.69) is 42.1 Å². The molecule has 0 spiro atoms. The molecule has 3 heterocycles. The van der Waals surface area contributed by atoms with E-state index in [1.165, 1.54) is 12.1 Å². The van der Waals surface area contributed by atoms with Crippen LogP contribution in [0.25, 0.3) is 0 Å². The van der Waals surface area contributed by atoms with Gasteiger partial charge >= 0.3 is 11.9 Å². The maximum Gasteiger partial charge on any atom is 0.354 e. The monoisotopic (exact) mass is 826 g/mol. The number of carboxylic acids is 2. The Kier molecular flexibility index (Phi) is 18.2. The number of aliphatic imine (C=N–C) groups is 1. The lowest BCUT2D eigenvalue weighted by Gasteiger charge is -2.32. The van der Waals surface area contributed by atoms with E-state index in [1.807, 2.05) is 36.4 Å². The van der Waals surface area contributed by atoms with Crippen molar-refractivity contribution in [3.05, 3.63) is 124 Å². The van der Waals surface area contributed by atoms with Gasteiger partial charge in [0.25, 0.3) is 5.91 Å². The molecule has 0 radical (unpaired) electrons. The first-order chi connectivity index (χ1) is 28.7. The topological polar surface area (TPSA) is 176 Å². The highest BCUT2D eigenvalue weighted by Crippen LogP contribution is 2.28. The standard InChI is InChI=1S/C43H50N6O9S/c1-47(17-16-32-8-14-35(15-9-32)44-31-59)41(50)34-12-10-33(11-13-34)40(37-5-3-7-39(46-37)43(53)54)49-20-24-57-28-26-55-22-18-48(19-23-56-27-29-58-25-21-49)30-36-4-2-6-38(45-36)42(51)52/h2-15,40H,16-30H2,1H3,(H,51,52)(H,53,54). The van der Waals surface area contributed by atoms with E-state index in [0.29, 0.717) is 115 Å². The smallest absolute Gasteiger partial charge is 0.354 e. The number of likely N-dealkylation sites (N-methyl/N-ethyl adjacent to an activating group) is 1. The van der Waals surface area contributed by atoms with Gasteiger partial charge in [0, 0.05) is 51.9 Å². The van der Waals surface area contributed by atoms with Gasteiger partial charge in [-0.15, -0.1) is 0 Å². The largest absolute Gasteiger partial charge is 0.477 e. The Morgan fingerprint density at radius 1 is 0.746 bits per heavy atom. The Hall–Kier alpha value is -5.29. The van der Waals surface area contributed by atoms with Crippen molar-refractivity contribution in [3.63, 3.8) is 0 Å². The van der Waals surface area contributed by atoms with Gasteiger partial charge in [-0.1, -0.05) is 36.4 Å². The van der Waals surface area contributed by atoms with Crippen LogP contribution in [0.4, 0.5) is 5.69 Å². The van der Waals surface area contributed by atoms with Gasteiger partial charge < -0.3 is 34.1 Å². The van der Waals surface area contributed by atoms with E-state index in [0.717, 1.165) is 16.8 Å². The molecule has 1 aliphatic heterocycles. The number of rotatable bonds is 12. The Morgan fingerprint density at radius 2 is 1.31 bits per heavy atom. The van der Waals surface area contributed by atoms with Crippen molar-refractivity contribution < 1.29 is 43.5 Å². The average molecular weight is 827 g/mol. The predicted molar refractivity (Wildman–Crippen MR) is 223 cm³/mol. The second-order valence-electron chi connectivity index (χ2n) is 13.7. The minimum Gasteiger partial charge on any atom is -0.477 e. The maximum absolute atomic E-state index is 13.5. The lowest BCUT2D eigenvalue weighted by atomic mass is 9.99. The highest BCUT2D eigenvalue weighted by molar-refractivity contribution is 7.78. The maximum atomic E-state index is 13.5. The first kappa shape index (κ1) is 44.8. The average Bonchev–Trinajstić information content (AvgIpc) is 3.24. The highest BCUT2D eigenvalue weighted by Gasteiger charge is 2.26. The molecule has 1 saturated heterocycles. The van der Waals surface area contributed by atoms with Crippen molar-refractivity contribution in [3.8, 4) is 0 Å². The molecule has 1 fully saturated rings. The summed E-state index contributed by atoms with van der Waals surface area (Å²) in [7, 11) is 1.77. The summed E-state index contributed by atoms with van der Waals surface area (Å²) in [6.07, 6.45) is 0.663. The molecule has 0 aliphatic carbocycles. The molecule has 0 saturated carbocycles. The zero-order valence-electron chi connectivity index (χ0n) is 33.1. The van der Waals surface area contributed by atoms with Crippen LogP contribution in [0.5, 0.6) is 0 Å². The Balaban J connectivity index is 1.24. The molecule has 2 aromatic carbocycles. The van der Waals surface area contributed by atoms with E-state index in [9.17, 15) is 24.6 Å². The number of hydrogen-bond donors (Lipinski definition) is 2. The quantitative estimate of drug-likeness (QED) is 0.146. The van der Waals surface area contributed by atoms with Crippen molar-refractivity contribution in [2.75, 3.05) is 92.6 Å². The number of isothiocyanates is 1. The second-order valence-corrected chi connectivity index (χ2v) is 13.9. The molecule has 312 valence electrons. The van der Waals surface area contributed by atoms with Crippen molar-refractivity contribution >= 4 is 40.9 Å². The summed E-state index contributed by atoms with van der Waals surface area (Å²) >= 11 is 4.68. The van der Waals surface area contributed by atoms with Crippen molar-refractivity contribution in [1.82, 2.24) is 24.7 Å². The fourth-order valence-corrected chi connectivity index (χ4v) is 6.56. The lowest BCUT2D eigenvalue weighted by molar-refractivity contribution is 0.00331. The molecule has 4 aromatic rings. The van der Waals surface area contributed by atoms with Gasteiger partial charge in [0.2, 0.25) is 0 Å². The van der Waals surface area contributed by atoms with Crippen LogP contribution in [0.15, 0.2) is 89.9 Å². The van der Waals surface area contributed by atoms with Crippen LogP contribution in [-0.2, 0) is 31.9 Å². The van der Waals surface area contributed by atoms with E-state index in [1.54, 1.807) is 48.3 Å². The number of hydrogen-bond acceptors (Lipinski definition) is 13. The molecule has 1 aliphatic rings. The SMILES string of the molecule is CN(CCc1ccc(N=C=S)cc1)C(=O)c1ccc(C(c2cccc(C(=O)O)n2)N2CCOCCOCCN(Cc3cccc(C(=O)O)n3)CCOCCOCC2)cc1. The number of aromatic carboxylic acids is 2. The van der Waals surface area contributed by atoms with Crippen LogP contribution < -0.4 is 0 Å². The zero-order valence-corrected chi connectivity index (χ0v) is 33.9. The molecular formula is C43H50N6O9S. The number of nitrogens with zero attached hydrogens (tertiary/aromatic N) is 6. The summed E-state index contributed by atoms with van der Waals surface area (Å²) in [5.41, 5.74) is 4.23. The van der Waals surface area contributed by atoms with E-state index >= 15 is 0 Å². The summed E-state index contributed by atoms with van der Waals surface area (Å²) in [4.78, 5) is 55.6. The number of amides is 1. The van der Waals surface area contributed by atoms with Gasteiger partial charge in [0.05, 0.1) is 81.1 Å². The van der Waals surface area contributed by atoms with E-state index < -0.39 is 18.0 Å². The number of aromatic nitrogens is 2. The molecule has 15 nitrogen and oxygen atoms in total. The van der Waals surface area contributed by atoms with Crippen molar-refractivity contribution in [1.29, 1.82) is 0 Å². The van der Waals surface area contributed by atoms with Crippen LogP contribution in [-0.4, -0.2) is 151 Å². The molecule has 16 heteroatoms.